The van der Waals surface area contributed by atoms with Crippen molar-refractivity contribution in [2.24, 2.45) is 0 Å². The normalized spacial score (nSPS) is 12.4. The number of aromatic carboxylic acids is 1. The topological polar surface area (TPSA) is 55.8 Å². The van der Waals surface area contributed by atoms with Gasteiger partial charge < -0.3 is 14.6 Å². The fourth-order valence-electron chi connectivity index (χ4n) is 2.03. The third kappa shape index (κ3) is 2.94. The number of carboxylic acids is 1. The zero-order valence-corrected chi connectivity index (χ0v) is 12.4. The maximum Gasteiger partial charge on any atom is 0.336 e. The summed E-state index contributed by atoms with van der Waals surface area (Å²) >= 11 is 7.58. The van der Waals surface area contributed by atoms with Crippen molar-refractivity contribution in [2.45, 2.75) is 10.6 Å². The Bertz CT molecular complexity index is 702. The van der Waals surface area contributed by atoms with Crippen LogP contribution in [0.1, 0.15) is 15.9 Å². The number of thioether (sulfide) groups is 1. The number of fused-ring (bicyclic) bond motifs is 1. The summed E-state index contributed by atoms with van der Waals surface area (Å²) in [5.74, 6) is 0.864. The molecule has 1 aliphatic heterocycles. The van der Waals surface area contributed by atoms with E-state index in [1.54, 1.807) is 18.2 Å². The van der Waals surface area contributed by atoms with Gasteiger partial charge in [-0.25, -0.2) is 4.79 Å². The van der Waals surface area contributed by atoms with E-state index in [-0.39, 0.29) is 6.79 Å². The smallest absolute Gasteiger partial charge is 0.336 e. The second-order valence-corrected chi connectivity index (χ2v) is 5.83. The van der Waals surface area contributed by atoms with Crippen LogP contribution in [0.5, 0.6) is 11.5 Å². The molecule has 0 bridgehead atoms. The van der Waals surface area contributed by atoms with Crippen molar-refractivity contribution >= 4 is 29.3 Å². The summed E-state index contributed by atoms with van der Waals surface area (Å²) in [7, 11) is 0. The molecule has 0 aliphatic carbocycles. The molecule has 108 valence electrons. The molecule has 1 heterocycles. The van der Waals surface area contributed by atoms with E-state index in [9.17, 15) is 4.79 Å². The van der Waals surface area contributed by atoms with Gasteiger partial charge in [0.05, 0.1) is 10.6 Å². The Hall–Kier alpha value is -1.85. The second-order valence-electron chi connectivity index (χ2n) is 4.40. The van der Waals surface area contributed by atoms with Gasteiger partial charge in [-0.05, 0) is 29.8 Å². The van der Waals surface area contributed by atoms with Gasteiger partial charge in [0.25, 0.3) is 0 Å². The van der Waals surface area contributed by atoms with Gasteiger partial charge in [0.15, 0.2) is 11.5 Å². The zero-order chi connectivity index (χ0) is 14.8. The number of hydrogen-bond donors (Lipinski definition) is 1. The van der Waals surface area contributed by atoms with E-state index in [1.165, 1.54) is 11.8 Å². The lowest BCUT2D eigenvalue weighted by atomic mass is 10.2. The van der Waals surface area contributed by atoms with Crippen molar-refractivity contribution in [3.8, 4) is 11.5 Å². The minimum Gasteiger partial charge on any atom is -0.478 e. The standard InChI is InChI=1S/C15H11ClO4S/c16-11-5-9(6-12-14(11)20-8-19-12)7-21-13-4-2-1-3-10(13)15(17)18/h1-6H,7-8H2,(H,17,18). The molecule has 0 spiro atoms. The average molecular weight is 323 g/mol. The molecule has 2 aromatic carbocycles. The number of benzene rings is 2. The molecule has 6 heteroatoms. The third-order valence-electron chi connectivity index (χ3n) is 3.00. The van der Waals surface area contributed by atoms with Crippen molar-refractivity contribution in [3.63, 3.8) is 0 Å². The van der Waals surface area contributed by atoms with Gasteiger partial charge in [-0.1, -0.05) is 23.7 Å². The van der Waals surface area contributed by atoms with E-state index in [1.807, 2.05) is 18.2 Å². The summed E-state index contributed by atoms with van der Waals surface area (Å²) in [4.78, 5) is 11.9. The summed E-state index contributed by atoms with van der Waals surface area (Å²) in [5, 5.41) is 9.67. The van der Waals surface area contributed by atoms with E-state index >= 15 is 0 Å². The molecular weight excluding hydrogens is 312 g/mol. The molecule has 0 fully saturated rings. The van der Waals surface area contributed by atoms with Crippen molar-refractivity contribution in [2.75, 3.05) is 6.79 Å². The zero-order valence-electron chi connectivity index (χ0n) is 10.8. The highest BCUT2D eigenvalue weighted by Crippen LogP contribution is 2.41. The fourth-order valence-corrected chi connectivity index (χ4v) is 3.30. The first-order chi connectivity index (χ1) is 10.1. The summed E-state index contributed by atoms with van der Waals surface area (Å²) in [6.45, 7) is 0.174. The van der Waals surface area contributed by atoms with Crippen LogP contribution in [0.25, 0.3) is 0 Å². The molecule has 0 saturated carbocycles. The van der Waals surface area contributed by atoms with Crippen LogP contribution < -0.4 is 9.47 Å². The summed E-state index contributed by atoms with van der Waals surface area (Å²) in [6, 6.07) is 10.6. The molecule has 4 nitrogen and oxygen atoms in total. The van der Waals surface area contributed by atoms with Crippen LogP contribution in [0.2, 0.25) is 5.02 Å². The second kappa shape index (κ2) is 5.87. The number of rotatable bonds is 4. The van der Waals surface area contributed by atoms with E-state index in [2.05, 4.69) is 0 Å². The van der Waals surface area contributed by atoms with Crippen LogP contribution in [0.4, 0.5) is 0 Å². The quantitative estimate of drug-likeness (QED) is 0.860. The number of ether oxygens (including phenoxy) is 2. The Morgan fingerprint density at radius 2 is 2.10 bits per heavy atom. The Morgan fingerprint density at radius 3 is 2.90 bits per heavy atom. The first-order valence-corrected chi connectivity index (χ1v) is 7.54. The van der Waals surface area contributed by atoms with Crippen molar-refractivity contribution < 1.29 is 19.4 Å². The summed E-state index contributed by atoms with van der Waals surface area (Å²) in [5.41, 5.74) is 1.25. The minimum absolute atomic E-state index is 0.174. The predicted molar refractivity (Wildman–Crippen MR) is 80.5 cm³/mol. The first-order valence-electron chi connectivity index (χ1n) is 6.18. The Morgan fingerprint density at radius 1 is 1.29 bits per heavy atom. The lowest BCUT2D eigenvalue weighted by Gasteiger charge is -2.07. The van der Waals surface area contributed by atoms with E-state index < -0.39 is 5.97 Å². The van der Waals surface area contributed by atoms with Crippen molar-refractivity contribution in [1.82, 2.24) is 0 Å². The predicted octanol–water partition coefficient (Wildman–Crippen LogP) is 4.06. The van der Waals surface area contributed by atoms with E-state index in [0.717, 1.165) is 10.5 Å². The highest BCUT2D eigenvalue weighted by Gasteiger charge is 2.18. The van der Waals surface area contributed by atoms with Crippen molar-refractivity contribution in [3.05, 3.63) is 52.5 Å². The molecule has 1 N–H and O–H groups in total. The van der Waals surface area contributed by atoms with E-state index in [0.29, 0.717) is 27.8 Å². The molecule has 21 heavy (non-hydrogen) atoms. The first kappa shape index (κ1) is 14.1. The molecule has 3 rings (SSSR count). The lowest BCUT2D eigenvalue weighted by Crippen LogP contribution is -1.98. The Balaban J connectivity index is 1.80. The van der Waals surface area contributed by atoms with Crippen molar-refractivity contribution in [1.29, 1.82) is 0 Å². The van der Waals surface area contributed by atoms with Crippen LogP contribution >= 0.6 is 23.4 Å². The maximum atomic E-state index is 11.2. The Labute approximate surface area is 130 Å². The summed E-state index contributed by atoms with van der Waals surface area (Å²) in [6.07, 6.45) is 0. The van der Waals surface area contributed by atoms with Gasteiger partial charge >= 0.3 is 5.97 Å². The highest BCUT2D eigenvalue weighted by molar-refractivity contribution is 7.98. The molecule has 0 unspecified atom stereocenters. The molecule has 0 amide bonds. The molecular formula is C15H11ClO4S. The van der Waals surface area contributed by atoms with Crippen LogP contribution in [-0.4, -0.2) is 17.9 Å². The minimum atomic E-state index is -0.929. The summed E-state index contributed by atoms with van der Waals surface area (Å²) < 4.78 is 10.6. The van der Waals surface area contributed by atoms with Gasteiger partial charge in [0.1, 0.15) is 0 Å². The molecule has 0 radical (unpaired) electrons. The average Bonchev–Trinajstić information content (AvgIpc) is 2.94. The largest absolute Gasteiger partial charge is 0.478 e. The van der Waals surface area contributed by atoms with Gasteiger partial charge in [-0.2, -0.15) is 0 Å². The number of carboxylic acid groups (broad SMARTS) is 1. The maximum absolute atomic E-state index is 11.2. The van der Waals surface area contributed by atoms with Gasteiger partial charge in [-0.15, -0.1) is 11.8 Å². The highest BCUT2D eigenvalue weighted by atomic mass is 35.5. The van der Waals surface area contributed by atoms with E-state index in [4.69, 9.17) is 26.2 Å². The van der Waals surface area contributed by atoms with Crippen LogP contribution in [0, 0.1) is 0 Å². The molecule has 0 aromatic heterocycles. The van der Waals surface area contributed by atoms with Crippen LogP contribution in [-0.2, 0) is 5.75 Å². The SMILES string of the molecule is O=C(O)c1ccccc1SCc1cc(Cl)c2c(c1)OCO2. The molecule has 0 saturated heterocycles. The fraction of sp³-hybridized carbons (Fsp3) is 0.133. The van der Waals surface area contributed by atoms with Crippen LogP contribution in [0.3, 0.4) is 0 Å². The lowest BCUT2D eigenvalue weighted by molar-refractivity contribution is 0.0693. The molecule has 2 aromatic rings. The van der Waals surface area contributed by atoms with Gasteiger partial charge in [0, 0.05) is 10.6 Å². The number of hydrogen-bond acceptors (Lipinski definition) is 4. The number of halogens is 1. The number of carbonyl (C=O) groups is 1. The van der Waals surface area contributed by atoms with Gasteiger partial charge in [0.2, 0.25) is 6.79 Å². The van der Waals surface area contributed by atoms with Gasteiger partial charge in [-0.3, -0.25) is 0 Å². The Kier molecular flexibility index (Phi) is 3.94. The molecule has 0 atom stereocenters. The van der Waals surface area contributed by atoms with Crippen LogP contribution in [0.15, 0.2) is 41.3 Å². The monoisotopic (exact) mass is 322 g/mol. The molecule has 1 aliphatic rings. The third-order valence-corrected chi connectivity index (χ3v) is 4.42.